The number of amides is 1. The van der Waals surface area contributed by atoms with E-state index >= 15 is 0 Å². The molecule has 1 N–H and O–H groups in total. The Morgan fingerprint density at radius 1 is 1.28 bits per heavy atom. The van der Waals surface area contributed by atoms with Gasteiger partial charge in [0.25, 0.3) is 0 Å². The van der Waals surface area contributed by atoms with Crippen LogP contribution in [0.1, 0.15) is 53.3 Å². The Morgan fingerprint density at radius 3 is 2.48 bits per heavy atom. The number of H-pyrrole nitrogens is 1. The third-order valence-corrected chi connectivity index (χ3v) is 9.00. The minimum Gasteiger partial charge on any atom is -0.443 e. The highest BCUT2D eigenvalue weighted by atomic mass is 28.4. The van der Waals surface area contributed by atoms with Gasteiger partial charge in [0.2, 0.25) is 0 Å². The second-order valence-electron chi connectivity index (χ2n) is 8.88. The van der Waals surface area contributed by atoms with Gasteiger partial charge in [-0.2, -0.15) is 0 Å². The number of aromatic amines is 1. The molecule has 1 unspecified atom stereocenters. The highest BCUT2D eigenvalue weighted by Crippen LogP contribution is 2.41. The summed E-state index contributed by atoms with van der Waals surface area (Å²) >= 11 is 0. The monoisotopic (exact) mass is 366 g/mol. The number of hydrogen-bond acceptors (Lipinski definition) is 5. The lowest BCUT2D eigenvalue weighted by Crippen LogP contribution is -2.45. The molecule has 25 heavy (non-hydrogen) atoms. The largest absolute Gasteiger partial charge is 0.443 e. The summed E-state index contributed by atoms with van der Waals surface area (Å²) in [7, 11) is -2.06. The lowest BCUT2D eigenvalue weighted by molar-refractivity contribution is 0.0313. The van der Waals surface area contributed by atoms with Crippen molar-refractivity contribution in [3.63, 3.8) is 0 Å². The Hall–Kier alpha value is -1.67. The number of carbonyl (C=O) groups excluding carboxylic acids is 1. The number of rotatable bonds is 2. The summed E-state index contributed by atoms with van der Waals surface area (Å²) < 4.78 is 12.0. The van der Waals surface area contributed by atoms with Crippen LogP contribution in [0, 0.1) is 0 Å². The molecule has 0 bridgehead atoms. The molecule has 0 aromatic carbocycles. The molecule has 2 heterocycles. The van der Waals surface area contributed by atoms with Crippen molar-refractivity contribution >= 4 is 26.6 Å². The molecule has 2 rings (SSSR count). The fourth-order valence-electron chi connectivity index (χ4n) is 2.14. The van der Waals surface area contributed by atoms with Gasteiger partial charge in [0.05, 0.1) is 12.9 Å². The van der Waals surface area contributed by atoms with Gasteiger partial charge in [-0.25, -0.2) is 14.8 Å². The molecule has 8 heteroatoms. The predicted molar refractivity (Wildman–Crippen MR) is 101 cm³/mol. The van der Waals surface area contributed by atoms with Crippen LogP contribution in [0.5, 0.6) is 0 Å². The van der Waals surface area contributed by atoms with Crippen LogP contribution in [0.2, 0.25) is 18.1 Å². The first-order valence-electron chi connectivity index (χ1n) is 8.55. The smallest absolute Gasteiger partial charge is 0.415 e. The molecule has 1 atom stereocenters. The summed E-state index contributed by atoms with van der Waals surface area (Å²) in [6, 6.07) is 0. The molecule has 0 saturated carbocycles. The molecular formula is C17H30N4O3Si. The van der Waals surface area contributed by atoms with E-state index in [2.05, 4.69) is 48.8 Å². The zero-order chi connectivity index (χ0) is 19.0. The van der Waals surface area contributed by atoms with Crippen LogP contribution in [0.25, 0.3) is 0 Å². The fourth-order valence-corrected chi connectivity index (χ4v) is 3.40. The molecule has 1 amide bonds. The fraction of sp³-hybridized carbons (Fsp3) is 0.706. The maximum atomic E-state index is 12.5. The third kappa shape index (κ3) is 4.69. The van der Waals surface area contributed by atoms with Gasteiger partial charge in [-0.3, -0.25) is 4.90 Å². The standard InChI is InChI=1S/C17H30N4O3Si/c1-16(2,3)23-15(22)21-9-12(24-25(7,8)17(4,5)6)13-14(20-11-21)19-10-18-13/h10-12H,9H2,1-8H3,(H,18,19). The normalized spacial score (nSPS) is 18.7. The average molecular weight is 367 g/mol. The molecule has 1 aromatic rings. The second-order valence-corrected chi connectivity index (χ2v) is 13.6. The van der Waals surface area contributed by atoms with Crippen molar-refractivity contribution in [2.75, 3.05) is 6.54 Å². The molecule has 1 aromatic heterocycles. The van der Waals surface area contributed by atoms with Crippen molar-refractivity contribution in [1.29, 1.82) is 0 Å². The number of nitrogens with zero attached hydrogens (tertiary/aromatic N) is 3. The topological polar surface area (TPSA) is 79.8 Å². The Balaban J connectivity index is 2.28. The van der Waals surface area contributed by atoms with Crippen molar-refractivity contribution < 1.29 is 14.0 Å². The molecular weight excluding hydrogens is 336 g/mol. The first kappa shape index (κ1) is 19.6. The lowest BCUT2D eigenvalue weighted by atomic mass is 10.2. The molecule has 1 aliphatic rings. The first-order chi connectivity index (χ1) is 11.3. The van der Waals surface area contributed by atoms with Gasteiger partial charge in [-0.15, -0.1) is 0 Å². The van der Waals surface area contributed by atoms with Crippen LogP contribution in [0.3, 0.4) is 0 Å². The summed E-state index contributed by atoms with van der Waals surface area (Å²) in [5, 5.41) is 0.0490. The molecule has 0 radical (unpaired) electrons. The number of nitrogens with one attached hydrogen (secondary N) is 1. The van der Waals surface area contributed by atoms with Gasteiger partial charge >= 0.3 is 6.09 Å². The quantitative estimate of drug-likeness (QED) is 0.788. The van der Waals surface area contributed by atoms with Crippen LogP contribution < -0.4 is 0 Å². The van der Waals surface area contributed by atoms with Gasteiger partial charge in [-0.05, 0) is 38.9 Å². The van der Waals surface area contributed by atoms with Crippen molar-refractivity contribution in [1.82, 2.24) is 14.9 Å². The van der Waals surface area contributed by atoms with Crippen LogP contribution in [0.15, 0.2) is 11.3 Å². The summed E-state index contributed by atoms with van der Waals surface area (Å²) in [5.41, 5.74) is 0.159. The maximum Gasteiger partial charge on any atom is 0.415 e. The Labute approximate surface area is 151 Å². The zero-order valence-corrected chi connectivity index (χ0v) is 17.5. The zero-order valence-electron chi connectivity index (χ0n) is 16.5. The second kappa shape index (κ2) is 6.57. The minimum absolute atomic E-state index is 0.0490. The van der Waals surface area contributed by atoms with Gasteiger partial charge in [0.15, 0.2) is 14.1 Å². The van der Waals surface area contributed by atoms with Crippen LogP contribution in [0.4, 0.5) is 10.6 Å². The van der Waals surface area contributed by atoms with Crippen molar-refractivity contribution in [2.45, 2.75) is 71.4 Å². The van der Waals surface area contributed by atoms with Gasteiger partial charge in [0.1, 0.15) is 23.7 Å². The van der Waals surface area contributed by atoms with E-state index < -0.39 is 20.0 Å². The molecule has 0 aliphatic carbocycles. The highest BCUT2D eigenvalue weighted by molar-refractivity contribution is 6.74. The molecule has 1 aliphatic heterocycles. The number of fused-ring (bicyclic) bond motifs is 1. The van der Waals surface area contributed by atoms with E-state index in [0.717, 1.165) is 5.69 Å². The van der Waals surface area contributed by atoms with E-state index in [1.54, 1.807) is 6.33 Å². The molecule has 7 nitrogen and oxygen atoms in total. The van der Waals surface area contributed by atoms with Crippen molar-refractivity contribution in [2.24, 2.45) is 4.99 Å². The summed E-state index contributed by atoms with van der Waals surface area (Å²) in [6.45, 7) is 16.8. The Morgan fingerprint density at radius 2 is 1.92 bits per heavy atom. The average Bonchev–Trinajstić information content (AvgIpc) is 2.80. The minimum atomic E-state index is -2.06. The van der Waals surface area contributed by atoms with Crippen molar-refractivity contribution in [3.05, 3.63) is 12.0 Å². The van der Waals surface area contributed by atoms with Gasteiger partial charge in [-0.1, -0.05) is 20.8 Å². The molecule has 0 spiro atoms. The SMILES string of the molecule is CC(C)(C)OC(=O)N1C=Nc2[nH]cnc2C(O[Si](C)(C)C(C)(C)C)C1. The summed E-state index contributed by atoms with van der Waals surface area (Å²) in [6.07, 6.45) is 2.30. The van der Waals surface area contributed by atoms with Crippen molar-refractivity contribution in [3.8, 4) is 0 Å². The highest BCUT2D eigenvalue weighted by Gasteiger charge is 2.41. The maximum absolute atomic E-state index is 12.5. The first-order valence-corrected chi connectivity index (χ1v) is 11.5. The van der Waals surface area contributed by atoms with Crippen LogP contribution >= 0.6 is 0 Å². The number of carbonyl (C=O) groups is 1. The number of hydrogen-bond donors (Lipinski definition) is 1. The Bertz CT molecular complexity index is 656. The number of imidazole rings is 1. The van der Waals surface area contributed by atoms with Crippen LogP contribution in [-0.2, 0) is 9.16 Å². The molecule has 140 valence electrons. The van der Waals surface area contributed by atoms with E-state index in [-0.39, 0.29) is 11.1 Å². The van der Waals surface area contributed by atoms with E-state index in [1.165, 1.54) is 11.2 Å². The molecule has 0 fully saturated rings. The van der Waals surface area contributed by atoms with Crippen LogP contribution in [-0.4, -0.2) is 47.8 Å². The van der Waals surface area contributed by atoms with Gasteiger partial charge in [0, 0.05) is 0 Å². The van der Waals surface area contributed by atoms with Gasteiger partial charge < -0.3 is 14.1 Å². The van der Waals surface area contributed by atoms with E-state index in [1.807, 2.05) is 20.8 Å². The third-order valence-electron chi connectivity index (χ3n) is 4.51. The number of aliphatic imine (C=N–C) groups is 1. The summed E-state index contributed by atoms with van der Waals surface area (Å²) in [5.74, 6) is 0.620. The van der Waals surface area contributed by atoms with E-state index in [0.29, 0.717) is 12.4 Å². The molecule has 0 saturated heterocycles. The summed E-state index contributed by atoms with van der Waals surface area (Å²) in [4.78, 5) is 25.7. The lowest BCUT2D eigenvalue weighted by Gasteiger charge is -2.39. The number of ether oxygens (including phenoxy) is 1. The van der Waals surface area contributed by atoms with E-state index in [9.17, 15) is 4.79 Å². The van der Waals surface area contributed by atoms with E-state index in [4.69, 9.17) is 9.16 Å². The number of aromatic nitrogens is 2. The Kier molecular flexibility index (Phi) is 5.16. The predicted octanol–water partition coefficient (Wildman–Crippen LogP) is 4.38.